The van der Waals surface area contributed by atoms with Gasteiger partial charge < -0.3 is 20.6 Å². The van der Waals surface area contributed by atoms with E-state index in [2.05, 4.69) is 19.9 Å². The monoisotopic (exact) mass is 238 g/mol. The molecular weight excluding hydrogens is 230 g/mol. The van der Waals surface area contributed by atoms with E-state index < -0.39 is 5.97 Å². The second kappa shape index (κ2) is 4.35. The standard InChI is InChI=1S/C8H9N5O2S/c9-6-5-7(11-3-10-6)13-8(12-5)16-2-1-4(14)15/h3H,1-2H2,(H,14,15)(H3,9,10,11,12,13)/p-1. The third kappa shape index (κ3) is 2.22. The van der Waals surface area contributed by atoms with Crippen LogP contribution in [0, 0.1) is 0 Å². The molecule has 0 aliphatic heterocycles. The molecule has 3 N–H and O–H groups in total. The van der Waals surface area contributed by atoms with E-state index in [9.17, 15) is 9.90 Å². The van der Waals surface area contributed by atoms with Gasteiger partial charge in [0.05, 0.1) is 0 Å². The fourth-order valence-electron chi connectivity index (χ4n) is 1.12. The number of nitrogen functional groups attached to an aromatic ring is 1. The smallest absolute Gasteiger partial charge is 0.183 e. The molecule has 16 heavy (non-hydrogen) atoms. The number of rotatable bonds is 4. The maximum atomic E-state index is 10.2. The normalized spacial score (nSPS) is 10.8. The summed E-state index contributed by atoms with van der Waals surface area (Å²) in [5.74, 6) is -0.373. The Hall–Kier alpha value is -1.83. The predicted molar refractivity (Wildman–Crippen MR) is 56.4 cm³/mol. The first-order chi connectivity index (χ1) is 7.66. The summed E-state index contributed by atoms with van der Waals surface area (Å²) in [4.78, 5) is 25.0. The molecule has 8 heteroatoms. The van der Waals surface area contributed by atoms with Crippen LogP contribution in [0.15, 0.2) is 11.5 Å². The summed E-state index contributed by atoms with van der Waals surface area (Å²) in [6.45, 7) is 0. The third-order valence-electron chi connectivity index (χ3n) is 1.84. The van der Waals surface area contributed by atoms with Gasteiger partial charge in [-0.1, -0.05) is 11.8 Å². The topological polar surface area (TPSA) is 121 Å². The molecule has 0 bridgehead atoms. The molecule has 7 nitrogen and oxygen atoms in total. The van der Waals surface area contributed by atoms with Crippen LogP contribution in [0.3, 0.4) is 0 Å². The van der Waals surface area contributed by atoms with E-state index in [0.717, 1.165) is 0 Å². The van der Waals surface area contributed by atoms with Gasteiger partial charge in [-0.3, -0.25) is 0 Å². The van der Waals surface area contributed by atoms with Gasteiger partial charge in [-0.05, 0) is 6.42 Å². The number of nitrogens with one attached hydrogen (secondary N) is 1. The lowest BCUT2D eigenvalue weighted by molar-refractivity contribution is -0.305. The van der Waals surface area contributed by atoms with Gasteiger partial charge in [-0.25, -0.2) is 15.0 Å². The van der Waals surface area contributed by atoms with Crippen molar-refractivity contribution in [1.29, 1.82) is 0 Å². The number of nitrogens with zero attached hydrogens (tertiary/aromatic N) is 3. The minimum absolute atomic E-state index is 0.0249. The number of aliphatic carboxylic acids is 1. The minimum Gasteiger partial charge on any atom is -0.550 e. The lowest BCUT2D eigenvalue weighted by atomic mass is 10.5. The van der Waals surface area contributed by atoms with Crippen LogP contribution in [0.1, 0.15) is 6.42 Å². The lowest BCUT2D eigenvalue weighted by Gasteiger charge is -1.98. The van der Waals surface area contributed by atoms with Gasteiger partial charge in [0.1, 0.15) is 11.8 Å². The van der Waals surface area contributed by atoms with Crippen LogP contribution in [0.5, 0.6) is 0 Å². The van der Waals surface area contributed by atoms with Gasteiger partial charge in [-0.15, -0.1) is 0 Å². The van der Waals surface area contributed by atoms with Crippen LogP contribution in [-0.2, 0) is 4.79 Å². The van der Waals surface area contributed by atoms with Crippen molar-refractivity contribution in [3.8, 4) is 0 Å². The number of aromatic nitrogens is 4. The Morgan fingerprint density at radius 1 is 1.56 bits per heavy atom. The van der Waals surface area contributed by atoms with Crippen molar-refractivity contribution in [2.24, 2.45) is 0 Å². The Morgan fingerprint density at radius 2 is 2.38 bits per heavy atom. The molecule has 0 spiro atoms. The number of nitrogens with two attached hydrogens (primary N) is 1. The number of imidazole rings is 1. The molecule has 84 valence electrons. The highest BCUT2D eigenvalue weighted by Gasteiger charge is 2.07. The maximum absolute atomic E-state index is 10.2. The van der Waals surface area contributed by atoms with Crippen LogP contribution >= 0.6 is 11.8 Å². The zero-order valence-electron chi connectivity index (χ0n) is 8.14. The van der Waals surface area contributed by atoms with Crippen molar-refractivity contribution in [2.45, 2.75) is 11.6 Å². The third-order valence-corrected chi connectivity index (χ3v) is 2.72. The van der Waals surface area contributed by atoms with E-state index in [1.807, 2.05) is 0 Å². The summed E-state index contributed by atoms with van der Waals surface area (Å²) in [5, 5.41) is 10.8. The number of anilines is 1. The number of carbonyl (C=O) groups is 1. The highest BCUT2D eigenvalue weighted by atomic mass is 32.2. The fourth-order valence-corrected chi connectivity index (χ4v) is 1.91. The zero-order valence-corrected chi connectivity index (χ0v) is 8.95. The average molecular weight is 238 g/mol. The highest BCUT2D eigenvalue weighted by Crippen LogP contribution is 2.20. The van der Waals surface area contributed by atoms with E-state index in [4.69, 9.17) is 5.73 Å². The van der Waals surface area contributed by atoms with Crippen LogP contribution in [0.2, 0.25) is 0 Å². The molecule has 2 aromatic rings. The molecule has 0 saturated carbocycles. The van der Waals surface area contributed by atoms with E-state index in [1.54, 1.807) is 0 Å². The van der Waals surface area contributed by atoms with Crippen molar-refractivity contribution in [3.63, 3.8) is 0 Å². The summed E-state index contributed by atoms with van der Waals surface area (Å²) >= 11 is 1.27. The Labute approximate surface area is 94.5 Å². The Bertz CT molecular complexity index is 526. The molecule has 2 aromatic heterocycles. The van der Waals surface area contributed by atoms with Crippen LogP contribution in [0.25, 0.3) is 11.2 Å². The van der Waals surface area contributed by atoms with E-state index in [1.165, 1.54) is 18.1 Å². The van der Waals surface area contributed by atoms with Gasteiger partial charge in [0, 0.05) is 11.7 Å². The van der Waals surface area contributed by atoms with Crippen molar-refractivity contribution < 1.29 is 9.90 Å². The number of carbonyl (C=O) groups excluding carboxylic acids is 1. The Balaban J connectivity index is 2.14. The highest BCUT2D eigenvalue weighted by molar-refractivity contribution is 7.99. The molecule has 0 aliphatic carbocycles. The number of fused-ring (bicyclic) bond motifs is 1. The largest absolute Gasteiger partial charge is 0.550 e. The fraction of sp³-hybridized carbons (Fsp3) is 0.250. The number of thioether (sulfide) groups is 1. The SMILES string of the molecule is Nc1ncnc2nc(SCCC(=O)[O-])[nH]c12. The van der Waals surface area contributed by atoms with E-state index in [-0.39, 0.29) is 6.42 Å². The van der Waals surface area contributed by atoms with Crippen LogP contribution < -0.4 is 10.8 Å². The van der Waals surface area contributed by atoms with Crippen LogP contribution in [0.4, 0.5) is 5.82 Å². The molecule has 0 aromatic carbocycles. The van der Waals surface area contributed by atoms with E-state index >= 15 is 0 Å². The molecule has 0 fully saturated rings. The second-order valence-electron chi connectivity index (χ2n) is 2.97. The number of hydrogen-bond donors (Lipinski definition) is 2. The van der Waals surface area contributed by atoms with Crippen molar-refractivity contribution in [3.05, 3.63) is 6.33 Å². The first kappa shape index (κ1) is 10.7. The van der Waals surface area contributed by atoms with Crippen molar-refractivity contribution in [1.82, 2.24) is 19.9 Å². The minimum atomic E-state index is -1.08. The van der Waals surface area contributed by atoms with Gasteiger partial charge in [0.25, 0.3) is 0 Å². The summed E-state index contributed by atoms with van der Waals surface area (Å²) in [6, 6.07) is 0. The molecule has 0 saturated heterocycles. The summed E-state index contributed by atoms with van der Waals surface area (Å²) in [7, 11) is 0. The molecule has 0 atom stereocenters. The van der Waals surface area contributed by atoms with Crippen LogP contribution in [-0.4, -0.2) is 31.7 Å². The summed E-state index contributed by atoms with van der Waals surface area (Å²) in [5.41, 5.74) is 6.65. The quantitative estimate of drug-likeness (QED) is 0.666. The second-order valence-corrected chi connectivity index (χ2v) is 4.05. The molecule has 0 unspecified atom stereocenters. The van der Waals surface area contributed by atoms with Gasteiger partial charge >= 0.3 is 0 Å². The van der Waals surface area contributed by atoms with Gasteiger partial charge in [-0.2, -0.15) is 0 Å². The molecule has 0 aliphatic rings. The molecule has 2 rings (SSSR count). The van der Waals surface area contributed by atoms with Gasteiger partial charge in [0.15, 0.2) is 16.6 Å². The molecule has 0 radical (unpaired) electrons. The molecular formula is C8H8N5O2S-. The van der Waals surface area contributed by atoms with E-state index in [0.29, 0.717) is 27.9 Å². The predicted octanol–water partition coefficient (Wildman–Crippen LogP) is -0.833. The number of carboxylic acids is 1. The Kier molecular flexibility index (Phi) is 2.91. The molecule has 0 amide bonds. The van der Waals surface area contributed by atoms with Crippen molar-refractivity contribution in [2.75, 3.05) is 11.5 Å². The first-order valence-electron chi connectivity index (χ1n) is 4.45. The number of aromatic amines is 1. The van der Waals surface area contributed by atoms with Crippen molar-refractivity contribution >= 4 is 34.7 Å². The average Bonchev–Trinajstić information content (AvgIpc) is 2.61. The number of hydrogen-bond acceptors (Lipinski definition) is 7. The zero-order chi connectivity index (χ0) is 11.5. The summed E-state index contributed by atoms with van der Waals surface area (Å²) < 4.78 is 0. The number of carboxylic acid groups (broad SMARTS) is 1. The summed E-state index contributed by atoms with van der Waals surface area (Å²) in [6.07, 6.45) is 1.30. The lowest BCUT2D eigenvalue weighted by Crippen LogP contribution is -2.22. The Morgan fingerprint density at radius 3 is 3.06 bits per heavy atom. The number of H-pyrrole nitrogens is 1. The first-order valence-corrected chi connectivity index (χ1v) is 5.44. The maximum Gasteiger partial charge on any atom is 0.183 e. The molecule has 2 heterocycles. The van der Waals surface area contributed by atoms with Gasteiger partial charge in [0.2, 0.25) is 0 Å².